The highest BCUT2D eigenvalue weighted by Crippen LogP contribution is 2.48. The second-order valence-electron chi connectivity index (χ2n) is 6.48. The molecular formula is C14H24N4O2S. The molecule has 6 nitrogen and oxygen atoms in total. The molecule has 0 aliphatic heterocycles. The predicted molar refractivity (Wildman–Crippen MR) is 80.1 cm³/mol. The average Bonchev–Trinajstić information content (AvgIpc) is 3.14. The molecule has 2 saturated carbocycles. The maximum Gasteiger partial charge on any atom is 0.260 e. The van der Waals surface area contributed by atoms with E-state index in [1.807, 2.05) is 0 Å². The Kier molecular flexibility index (Phi) is 4.07. The lowest BCUT2D eigenvalue weighted by molar-refractivity contribution is 0.280. The first-order valence-corrected chi connectivity index (χ1v) is 9.09. The molecule has 2 aliphatic rings. The molecule has 3 rings (SSSR count). The Hall–Kier alpha value is -0.920. The molecule has 2 fully saturated rings. The lowest BCUT2D eigenvalue weighted by atomic mass is 9.89. The molecule has 3 unspecified atom stereocenters. The van der Waals surface area contributed by atoms with Gasteiger partial charge in [0.2, 0.25) is 0 Å². The number of nitrogens with one attached hydrogen (secondary N) is 2. The van der Waals surface area contributed by atoms with Crippen molar-refractivity contribution < 1.29 is 8.42 Å². The van der Waals surface area contributed by atoms with Crippen molar-refractivity contribution in [2.75, 3.05) is 20.6 Å². The van der Waals surface area contributed by atoms with Gasteiger partial charge in [-0.05, 0) is 44.1 Å². The van der Waals surface area contributed by atoms with Crippen LogP contribution in [0, 0.1) is 17.8 Å². The van der Waals surface area contributed by atoms with Crippen molar-refractivity contribution in [2.24, 2.45) is 17.8 Å². The first-order chi connectivity index (χ1) is 10.0. The third-order valence-electron chi connectivity index (χ3n) is 5.09. The lowest BCUT2D eigenvalue weighted by Gasteiger charge is -2.26. The number of hydrogen-bond acceptors (Lipinski definition) is 4. The first kappa shape index (κ1) is 15.0. The Bertz CT molecular complexity index is 598. The van der Waals surface area contributed by atoms with Crippen molar-refractivity contribution in [3.05, 3.63) is 11.8 Å². The Balaban J connectivity index is 1.73. The predicted octanol–water partition coefficient (Wildman–Crippen LogP) is 1.19. The number of nitrogens with zero attached hydrogens (tertiary/aromatic N) is 2. The smallest absolute Gasteiger partial charge is 0.260 e. The van der Waals surface area contributed by atoms with Crippen LogP contribution in [0.5, 0.6) is 0 Å². The van der Waals surface area contributed by atoms with E-state index in [0.717, 1.165) is 11.8 Å². The van der Waals surface area contributed by atoms with E-state index < -0.39 is 10.0 Å². The Morgan fingerprint density at radius 3 is 2.86 bits per heavy atom. The molecule has 0 radical (unpaired) electrons. The number of fused-ring (bicyclic) bond motifs is 2. The standard InChI is InChI=1S/C14H24N4O2S/c1-15-7-13-8-16-17-14(13)21(19,20)18(2)9-12-6-10-3-4-11(12)5-10/h8,10-12,15H,3-7,9H2,1-2H3,(H,16,17). The Morgan fingerprint density at radius 2 is 2.24 bits per heavy atom. The largest absolute Gasteiger partial charge is 0.316 e. The first-order valence-electron chi connectivity index (χ1n) is 7.65. The fourth-order valence-electron chi connectivity index (χ4n) is 4.02. The molecule has 118 valence electrons. The second-order valence-corrected chi connectivity index (χ2v) is 8.46. The number of aromatic amines is 1. The minimum absolute atomic E-state index is 0.225. The fraction of sp³-hybridized carbons (Fsp3) is 0.786. The van der Waals surface area contributed by atoms with Gasteiger partial charge in [0.05, 0.1) is 6.20 Å². The zero-order chi connectivity index (χ0) is 15.0. The maximum atomic E-state index is 12.7. The van der Waals surface area contributed by atoms with Crippen LogP contribution in [0.3, 0.4) is 0 Å². The van der Waals surface area contributed by atoms with Crippen LogP contribution in [-0.4, -0.2) is 43.6 Å². The van der Waals surface area contributed by atoms with Crippen LogP contribution in [0.15, 0.2) is 11.2 Å². The monoisotopic (exact) mass is 312 g/mol. The van der Waals surface area contributed by atoms with Crippen molar-refractivity contribution in [1.82, 2.24) is 19.8 Å². The van der Waals surface area contributed by atoms with Crippen LogP contribution in [0.25, 0.3) is 0 Å². The van der Waals surface area contributed by atoms with Crippen LogP contribution in [0.1, 0.15) is 31.2 Å². The van der Waals surface area contributed by atoms with Crippen LogP contribution >= 0.6 is 0 Å². The zero-order valence-corrected chi connectivity index (χ0v) is 13.5. The molecule has 0 amide bonds. The van der Waals surface area contributed by atoms with Gasteiger partial charge in [0, 0.05) is 25.7 Å². The van der Waals surface area contributed by atoms with Crippen molar-refractivity contribution >= 4 is 10.0 Å². The van der Waals surface area contributed by atoms with Crippen molar-refractivity contribution in [2.45, 2.75) is 37.3 Å². The van der Waals surface area contributed by atoms with Gasteiger partial charge in [-0.2, -0.15) is 9.40 Å². The molecule has 2 N–H and O–H groups in total. The van der Waals surface area contributed by atoms with Gasteiger partial charge in [-0.1, -0.05) is 6.42 Å². The normalized spacial score (nSPS) is 28.6. The third-order valence-corrected chi connectivity index (χ3v) is 6.93. The number of rotatable bonds is 6. The SMILES string of the molecule is CNCc1cn[nH]c1S(=O)(=O)N(C)CC1CC2CCC1C2. The van der Waals surface area contributed by atoms with E-state index in [1.165, 1.54) is 30.0 Å². The van der Waals surface area contributed by atoms with Gasteiger partial charge in [0.25, 0.3) is 10.0 Å². The fourth-order valence-corrected chi connectivity index (χ4v) is 5.35. The van der Waals surface area contributed by atoms with Crippen molar-refractivity contribution in [3.63, 3.8) is 0 Å². The van der Waals surface area contributed by atoms with Gasteiger partial charge in [-0.25, -0.2) is 8.42 Å². The number of H-pyrrole nitrogens is 1. The maximum absolute atomic E-state index is 12.7. The van der Waals surface area contributed by atoms with Gasteiger partial charge >= 0.3 is 0 Å². The average molecular weight is 312 g/mol. The van der Waals surface area contributed by atoms with Gasteiger partial charge < -0.3 is 5.32 Å². The van der Waals surface area contributed by atoms with E-state index in [9.17, 15) is 8.42 Å². The number of hydrogen-bond donors (Lipinski definition) is 2. The minimum atomic E-state index is -3.48. The summed E-state index contributed by atoms with van der Waals surface area (Å²) in [5, 5.41) is 9.74. The summed E-state index contributed by atoms with van der Waals surface area (Å²) < 4.78 is 26.9. The molecule has 2 aliphatic carbocycles. The van der Waals surface area contributed by atoms with E-state index in [4.69, 9.17) is 0 Å². The van der Waals surface area contributed by atoms with Crippen LogP contribution < -0.4 is 5.32 Å². The zero-order valence-electron chi connectivity index (χ0n) is 12.7. The van der Waals surface area contributed by atoms with Crippen molar-refractivity contribution in [1.29, 1.82) is 0 Å². The van der Waals surface area contributed by atoms with E-state index in [1.54, 1.807) is 20.3 Å². The topological polar surface area (TPSA) is 78.1 Å². The minimum Gasteiger partial charge on any atom is -0.316 e. The molecule has 2 bridgehead atoms. The summed E-state index contributed by atoms with van der Waals surface area (Å²) in [5.74, 6) is 2.09. The summed E-state index contributed by atoms with van der Waals surface area (Å²) >= 11 is 0. The molecule has 21 heavy (non-hydrogen) atoms. The summed E-state index contributed by atoms with van der Waals surface area (Å²) in [5.41, 5.74) is 0.692. The molecule has 1 aromatic heterocycles. The molecule has 1 heterocycles. The van der Waals surface area contributed by atoms with E-state index >= 15 is 0 Å². The number of aromatic nitrogens is 2. The molecule has 0 saturated heterocycles. The second kappa shape index (κ2) is 5.70. The quantitative estimate of drug-likeness (QED) is 0.827. The molecule has 1 aromatic rings. The molecular weight excluding hydrogens is 288 g/mol. The van der Waals surface area contributed by atoms with Crippen LogP contribution in [0.2, 0.25) is 0 Å². The third kappa shape index (κ3) is 2.74. The van der Waals surface area contributed by atoms with Gasteiger partial charge in [-0.3, -0.25) is 5.10 Å². The van der Waals surface area contributed by atoms with Crippen molar-refractivity contribution in [3.8, 4) is 0 Å². The summed E-state index contributed by atoms with van der Waals surface area (Å²) in [6.07, 6.45) is 6.68. The molecule has 3 atom stereocenters. The van der Waals surface area contributed by atoms with Gasteiger partial charge in [0.15, 0.2) is 5.03 Å². The molecule has 0 aromatic carbocycles. The highest BCUT2D eigenvalue weighted by atomic mass is 32.2. The molecule has 7 heteroatoms. The molecule has 0 spiro atoms. The van der Waals surface area contributed by atoms with E-state index in [-0.39, 0.29) is 5.03 Å². The highest BCUT2D eigenvalue weighted by molar-refractivity contribution is 7.89. The van der Waals surface area contributed by atoms with Crippen LogP contribution in [0.4, 0.5) is 0 Å². The van der Waals surface area contributed by atoms with E-state index in [2.05, 4.69) is 15.5 Å². The summed E-state index contributed by atoms with van der Waals surface area (Å²) in [6.45, 7) is 1.12. The van der Waals surface area contributed by atoms with E-state index in [0.29, 0.717) is 24.6 Å². The van der Waals surface area contributed by atoms with Crippen LogP contribution in [-0.2, 0) is 16.6 Å². The summed E-state index contributed by atoms with van der Waals surface area (Å²) in [4.78, 5) is 0. The lowest BCUT2D eigenvalue weighted by Crippen LogP contribution is -2.34. The highest BCUT2D eigenvalue weighted by Gasteiger charge is 2.41. The number of sulfonamides is 1. The Morgan fingerprint density at radius 1 is 1.43 bits per heavy atom. The van der Waals surface area contributed by atoms with Gasteiger partial charge in [-0.15, -0.1) is 0 Å². The summed E-state index contributed by atoms with van der Waals surface area (Å²) in [7, 11) is 0.00235. The summed E-state index contributed by atoms with van der Waals surface area (Å²) in [6, 6.07) is 0. The van der Waals surface area contributed by atoms with Gasteiger partial charge in [0.1, 0.15) is 0 Å². The Labute approximate surface area is 126 Å².